The number of benzene rings is 1. The Balaban J connectivity index is 0.000000791. The molecule has 0 bridgehead atoms. The van der Waals surface area contributed by atoms with Gasteiger partial charge in [0.2, 0.25) is 0 Å². The third-order valence-electron chi connectivity index (χ3n) is 1.82. The average Bonchev–Trinajstić information content (AvgIpc) is 2.30. The van der Waals surface area contributed by atoms with E-state index in [1.54, 1.807) is 7.05 Å². The fourth-order valence-corrected chi connectivity index (χ4v) is 1.08. The summed E-state index contributed by atoms with van der Waals surface area (Å²) >= 11 is 0. The predicted octanol–water partition coefficient (Wildman–Crippen LogP) is 2.63. The molecular weight excluding hydrogens is 174 g/mol. The number of rotatable bonds is 2. The normalized spacial score (nSPS) is 8.57. The van der Waals surface area contributed by atoms with E-state index in [4.69, 9.17) is 0 Å². The highest BCUT2D eigenvalue weighted by Gasteiger charge is 2.01. The van der Waals surface area contributed by atoms with Gasteiger partial charge in [0.25, 0.3) is 5.91 Å². The molecule has 0 aliphatic rings. The van der Waals surface area contributed by atoms with Crippen molar-refractivity contribution in [2.24, 2.45) is 0 Å². The number of amides is 1. The molecule has 2 nitrogen and oxygen atoms in total. The largest absolute Gasteiger partial charge is 0.355 e. The van der Waals surface area contributed by atoms with Crippen LogP contribution in [-0.4, -0.2) is 13.0 Å². The average molecular weight is 193 g/mol. The van der Waals surface area contributed by atoms with E-state index in [0.717, 1.165) is 12.0 Å². The lowest BCUT2D eigenvalue weighted by Crippen LogP contribution is -2.17. The van der Waals surface area contributed by atoms with Crippen LogP contribution < -0.4 is 5.32 Å². The first-order valence-corrected chi connectivity index (χ1v) is 5.09. The summed E-state index contributed by atoms with van der Waals surface area (Å²) in [5.41, 5.74) is 1.92. The first kappa shape index (κ1) is 12.7. The zero-order valence-electron chi connectivity index (χ0n) is 9.42. The lowest BCUT2D eigenvalue weighted by Gasteiger charge is -2.01. The van der Waals surface area contributed by atoms with E-state index >= 15 is 0 Å². The number of nitrogens with one attached hydrogen (secondary N) is 1. The van der Waals surface area contributed by atoms with E-state index in [9.17, 15) is 4.79 Å². The van der Waals surface area contributed by atoms with Gasteiger partial charge >= 0.3 is 0 Å². The van der Waals surface area contributed by atoms with Gasteiger partial charge in [-0.15, -0.1) is 0 Å². The molecule has 0 saturated carbocycles. The molecule has 0 aliphatic carbocycles. The first-order chi connectivity index (χ1) is 6.77. The van der Waals surface area contributed by atoms with E-state index in [0.29, 0.717) is 0 Å². The molecule has 0 saturated heterocycles. The van der Waals surface area contributed by atoms with Crippen LogP contribution in [0.4, 0.5) is 0 Å². The van der Waals surface area contributed by atoms with Gasteiger partial charge in [-0.2, -0.15) is 0 Å². The fraction of sp³-hybridized carbons (Fsp3) is 0.417. The summed E-state index contributed by atoms with van der Waals surface area (Å²) in [6.45, 7) is 6.07. The topological polar surface area (TPSA) is 29.1 Å². The SMILES string of the molecule is CC.CCc1cccc(C(=O)NC)c1. The third kappa shape index (κ3) is 3.60. The van der Waals surface area contributed by atoms with Gasteiger partial charge in [-0.3, -0.25) is 4.79 Å². The van der Waals surface area contributed by atoms with Crippen LogP contribution in [0.5, 0.6) is 0 Å². The van der Waals surface area contributed by atoms with Gasteiger partial charge in [-0.05, 0) is 24.1 Å². The molecule has 0 aliphatic heterocycles. The third-order valence-corrected chi connectivity index (χ3v) is 1.82. The van der Waals surface area contributed by atoms with Gasteiger partial charge in [0.05, 0.1) is 0 Å². The second-order valence-electron chi connectivity index (χ2n) is 2.63. The minimum absolute atomic E-state index is 0.0229. The molecule has 0 heterocycles. The Kier molecular flexibility index (Phi) is 6.46. The molecule has 0 aromatic heterocycles. The molecule has 2 heteroatoms. The van der Waals surface area contributed by atoms with E-state index in [1.807, 2.05) is 38.1 Å². The molecule has 1 rings (SSSR count). The highest BCUT2D eigenvalue weighted by molar-refractivity contribution is 5.94. The standard InChI is InChI=1S/C10H13NO.C2H6/c1-3-8-5-4-6-9(7-8)10(12)11-2;1-2/h4-7H,3H2,1-2H3,(H,11,12);1-2H3. The van der Waals surface area contributed by atoms with Crippen LogP contribution in [0.1, 0.15) is 36.7 Å². The summed E-state index contributed by atoms with van der Waals surface area (Å²) < 4.78 is 0. The monoisotopic (exact) mass is 193 g/mol. The predicted molar refractivity (Wildman–Crippen MR) is 60.6 cm³/mol. The van der Waals surface area contributed by atoms with Crippen LogP contribution >= 0.6 is 0 Å². The molecule has 0 atom stereocenters. The summed E-state index contributed by atoms with van der Waals surface area (Å²) in [4.78, 5) is 11.2. The van der Waals surface area contributed by atoms with Crippen molar-refractivity contribution in [3.8, 4) is 0 Å². The minimum atomic E-state index is -0.0229. The molecule has 1 amide bonds. The number of carbonyl (C=O) groups excluding carboxylic acids is 1. The van der Waals surface area contributed by atoms with Gasteiger partial charge in [-0.1, -0.05) is 32.9 Å². The smallest absolute Gasteiger partial charge is 0.251 e. The molecule has 0 fully saturated rings. The highest BCUT2D eigenvalue weighted by atomic mass is 16.1. The second kappa shape index (κ2) is 7.13. The summed E-state index contributed by atoms with van der Waals surface area (Å²) in [6.07, 6.45) is 0.963. The van der Waals surface area contributed by atoms with Crippen LogP contribution in [0.15, 0.2) is 24.3 Å². The van der Waals surface area contributed by atoms with Crippen molar-refractivity contribution < 1.29 is 4.79 Å². The van der Waals surface area contributed by atoms with Crippen LogP contribution in [0.25, 0.3) is 0 Å². The van der Waals surface area contributed by atoms with E-state index < -0.39 is 0 Å². The fourth-order valence-electron chi connectivity index (χ4n) is 1.08. The second-order valence-corrected chi connectivity index (χ2v) is 2.63. The van der Waals surface area contributed by atoms with Crippen LogP contribution in [-0.2, 0) is 6.42 Å². The van der Waals surface area contributed by atoms with Crippen LogP contribution in [0.3, 0.4) is 0 Å². The van der Waals surface area contributed by atoms with Gasteiger partial charge in [-0.25, -0.2) is 0 Å². The summed E-state index contributed by atoms with van der Waals surface area (Å²) in [6, 6.07) is 7.66. The van der Waals surface area contributed by atoms with Crippen molar-refractivity contribution in [3.05, 3.63) is 35.4 Å². The maximum atomic E-state index is 11.2. The zero-order valence-corrected chi connectivity index (χ0v) is 9.42. The molecule has 1 aromatic rings. The molecule has 14 heavy (non-hydrogen) atoms. The molecular formula is C12H19NO. The van der Waals surface area contributed by atoms with Crippen molar-refractivity contribution in [1.82, 2.24) is 5.32 Å². The van der Waals surface area contributed by atoms with E-state index in [1.165, 1.54) is 5.56 Å². The Morgan fingerprint density at radius 2 is 2.00 bits per heavy atom. The summed E-state index contributed by atoms with van der Waals surface area (Å²) in [5, 5.41) is 2.59. The molecule has 1 N–H and O–H groups in total. The van der Waals surface area contributed by atoms with Crippen molar-refractivity contribution in [1.29, 1.82) is 0 Å². The Hall–Kier alpha value is -1.31. The van der Waals surface area contributed by atoms with Crippen molar-refractivity contribution in [3.63, 3.8) is 0 Å². The van der Waals surface area contributed by atoms with E-state index in [-0.39, 0.29) is 5.91 Å². The number of hydrogen-bond donors (Lipinski definition) is 1. The van der Waals surface area contributed by atoms with Gasteiger partial charge in [0.15, 0.2) is 0 Å². The lowest BCUT2D eigenvalue weighted by atomic mass is 10.1. The molecule has 78 valence electrons. The van der Waals surface area contributed by atoms with Crippen LogP contribution in [0, 0.1) is 0 Å². The maximum Gasteiger partial charge on any atom is 0.251 e. The Morgan fingerprint density at radius 1 is 1.36 bits per heavy atom. The number of aryl methyl sites for hydroxylation is 1. The number of hydrogen-bond acceptors (Lipinski definition) is 1. The van der Waals surface area contributed by atoms with Crippen molar-refractivity contribution in [2.75, 3.05) is 7.05 Å². The van der Waals surface area contributed by atoms with Gasteiger partial charge in [0, 0.05) is 12.6 Å². The molecule has 1 aromatic carbocycles. The first-order valence-electron chi connectivity index (χ1n) is 5.09. The maximum absolute atomic E-state index is 11.2. The van der Waals surface area contributed by atoms with Crippen molar-refractivity contribution in [2.45, 2.75) is 27.2 Å². The lowest BCUT2D eigenvalue weighted by molar-refractivity contribution is 0.0963. The van der Waals surface area contributed by atoms with E-state index in [2.05, 4.69) is 12.2 Å². The molecule has 0 unspecified atom stereocenters. The summed E-state index contributed by atoms with van der Waals surface area (Å²) in [7, 11) is 1.64. The van der Waals surface area contributed by atoms with Crippen LogP contribution in [0.2, 0.25) is 0 Å². The zero-order chi connectivity index (χ0) is 11.0. The summed E-state index contributed by atoms with van der Waals surface area (Å²) in [5.74, 6) is -0.0229. The Bertz CT molecular complexity index is 281. The Morgan fingerprint density at radius 3 is 2.50 bits per heavy atom. The quantitative estimate of drug-likeness (QED) is 0.768. The Labute approximate surface area is 86.3 Å². The van der Waals surface area contributed by atoms with Gasteiger partial charge < -0.3 is 5.32 Å². The molecule has 0 radical (unpaired) electrons. The number of carbonyl (C=O) groups is 1. The minimum Gasteiger partial charge on any atom is -0.355 e. The highest BCUT2D eigenvalue weighted by Crippen LogP contribution is 2.05. The van der Waals surface area contributed by atoms with Crippen molar-refractivity contribution >= 4 is 5.91 Å². The molecule has 0 spiro atoms. The van der Waals surface area contributed by atoms with Gasteiger partial charge in [0.1, 0.15) is 0 Å².